The van der Waals surface area contributed by atoms with E-state index in [-0.39, 0.29) is 5.91 Å². The average molecular weight is 498 g/mol. The highest BCUT2D eigenvalue weighted by atomic mass is 35.5. The van der Waals surface area contributed by atoms with Gasteiger partial charge in [-0.1, -0.05) is 50.0 Å². The summed E-state index contributed by atoms with van der Waals surface area (Å²) in [6.45, 7) is 7.72. The number of hydrogen-bond acceptors (Lipinski definition) is 6. The van der Waals surface area contributed by atoms with Crippen LogP contribution in [0, 0.1) is 5.92 Å². The van der Waals surface area contributed by atoms with Crippen LogP contribution < -0.4 is 4.90 Å². The number of carbonyl (C=O) groups excluding carboxylic acids is 2. The first-order valence-corrected chi connectivity index (χ1v) is 12.4. The van der Waals surface area contributed by atoms with Crippen molar-refractivity contribution in [2.45, 2.75) is 46.1 Å². The van der Waals surface area contributed by atoms with E-state index < -0.39 is 12.0 Å². The Morgan fingerprint density at radius 2 is 2.00 bits per heavy atom. The van der Waals surface area contributed by atoms with E-state index in [1.165, 1.54) is 7.11 Å². The molecule has 1 aromatic carbocycles. The smallest absolute Gasteiger partial charge is 0.330 e. The highest BCUT2D eigenvalue weighted by Gasteiger charge is 2.37. The monoisotopic (exact) mass is 497 g/mol. The Morgan fingerprint density at radius 3 is 2.62 bits per heavy atom. The summed E-state index contributed by atoms with van der Waals surface area (Å²) in [4.78, 5) is 34.9. The summed E-state index contributed by atoms with van der Waals surface area (Å²) < 4.78 is 5.00. The number of halogens is 2. The van der Waals surface area contributed by atoms with E-state index in [4.69, 9.17) is 32.9 Å². The van der Waals surface area contributed by atoms with Crippen molar-refractivity contribution in [3.63, 3.8) is 0 Å². The Kier molecular flexibility index (Phi) is 8.42. The molecule has 0 N–H and O–H groups in total. The number of thiazole rings is 1. The highest BCUT2D eigenvalue weighted by molar-refractivity contribution is 7.16. The molecule has 1 aliphatic rings. The maximum absolute atomic E-state index is 12.6. The molecule has 1 aromatic heterocycles. The van der Waals surface area contributed by atoms with Crippen LogP contribution in [0.4, 0.5) is 5.13 Å². The summed E-state index contributed by atoms with van der Waals surface area (Å²) in [6, 6.07) is 4.90. The number of ether oxygens (including phenoxy) is 1. The molecular weight excluding hydrogens is 469 g/mol. The van der Waals surface area contributed by atoms with E-state index in [2.05, 4.69) is 18.7 Å². The Morgan fingerprint density at radius 1 is 1.25 bits per heavy atom. The molecule has 32 heavy (non-hydrogen) atoms. The van der Waals surface area contributed by atoms with Gasteiger partial charge in [-0.2, -0.15) is 0 Å². The number of hydrogen-bond donors (Lipinski definition) is 0. The molecule has 0 saturated carbocycles. The van der Waals surface area contributed by atoms with Crippen molar-refractivity contribution in [2.75, 3.05) is 31.6 Å². The zero-order chi connectivity index (χ0) is 23.4. The van der Waals surface area contributed by atoms with Gasteiger partial charge < -0.3 is 14.5 Å². The van der Waals surface area contributed by atoms with Gasteiger partial charge in [0.1, 0.15) is 6.04 Å². The normalized spacial score (nSPS) is 16.5. The number of benzene rings is 1. The van der Waals surface area contributed by atoms with Crippen LogP contribution in [0.1, 0.15) is 38.5 Å². The summed E-state index contributed by atoms with van der Waals surface area (Å²) in [5.41, 5.74) is 1.80. The first kappa shape index (κ1) is 24.8. The number of nitrogens with zero attached hydrogens (tertiary/aromatic N) is 3. The number of esters is 1. The second-order valence-corrected chi connectivity index (χ2v) is 10.2. The van der Waals surface area contributed by atoms with Crippen molar-refractivity contribution in [1.29, 1.82) is 0 Å². The molecule has 1 saturated heterocycles. The van der Waals surface area contributed by atoms with Crippen molar-refractivity contribution in [3.05, 3.63) is 33.1 Å². The number of carbonyl (C=O) groups is 2. The average Bonchev–Trinajstić information content (AvgIpc) is 3.17. The van der Waals surface area contributed by atoms with Gasteiger partial charge in [-0.15, -0.1) is 11.3 Å². The minimum absolute atomic E-state index is 0.0151. The molecule has 0 spiro atoms. The van der Waals surface area contributed by atoms with E-state index in [9.17, 15) is 9.59 Å². The lowest BCUT2D eigenvalue weighted by molar-refractivity contribution is -0.153. The lowest BCUT2D eigenvalue weighted by Crippen LogP contribution is -2.58. The van der Waals surface area contributed by atoms with Crippen molar-refractivity contribution < 1.29 is 14.3 Å². The van der Waals surface area contributed by atoms with Gasteiger partial charge in [-0.25, -0.2) is 9.78 Å². The summed E-state index contributed by atoms with van der Waals surface area (Å²) in [7, 11) is 1.36. The Labute approximate surface area is 203 Å². The summed E-state index contributed by atoms with van der Waals surface area (Å²) in [5.74, 6) is 0.0395. The van der Waals surface area contributed by atoms with Crippen LogP contribution >= 0.6 is 34.5 Å². The van der Waals surface area contributed by atoms with Crippen LogP contribution in [0.2, 0.25) is 10.0 Å². The van der Waals surface area contributed by atoms with E-state index in [1.54, 1.807) is 22.3 Å². The van der Waals surface area contributed by atoms with E-state index in [1.807, 2.05) is 19.1 Å². The van der Waals surface area contributed by atoms with E-state index >= 15 is 0 Å². The number of aromatic nitrogens is 1. The van der Waals surface area contributed by atoms with Crippen LogP contribution in [-0.2, 0) is 20.7 Å². The Bertz CT molecular complexity index is 979. The zero-order valence-electron chi connectivity index (χ0n) is 18.9. The molecule has 3 rings (SSSR count). The second-order valence-electron chi connectivity index (χ2n) is 8.32. The summed E-state index contributed by atoms with van der Waals surface area (Å²) in [5, 5.41) is 1.83. The van der Waals surface area contributed by atoms with Gasteiger partial charge in [0, 0.05) is 30.0 Å². The topological polar surface area (TPSA) is 62.7 Å². The van der Waals surface area contributed by atoms with Crippen LogP contribution in [0.15, 0.2) is 18.2 Å². The third-order valence-corrected chi connectivity index (χ3v) is 7.26. The molecule has 1 atom stereocenters. The lowest BCUT2D eigenvalue weighted by Gasteiger charge is -2.39. The van der Waals surface area contributed by atoms with Crippen molar-refractivity contribution in [3.8, 4) is 11.3 Å². The van der Waals surface area contributed by atoms with Gasteiger partial charge in [-0.05, 0) is 30.9 Å². The van der Waals surface area contributed by atoms with Gasteiger partial charge in [0.05, 0.1) is 29.4 Å². The van der Waals surface area contributed by atoms with Crippen molar-refractivity contribution in [2.24, 2.45) is 5.92 Å². The van der Waals surface area contributed by atoms with E-state index in [0.717, 1.165) is 34.1 Å². The molecule has 2 aromatic rings. The standard InChI is InChI=1S/C23H29Cl2N3O3S/c1-5-6-20(29)28-10-9-27(13-18(28)22(30)31-4)23-26-21(19(32-23)11-14(2)3)15-7-8-16(24)17(25)12-15/h7-8,12,14,18H,5-6,9-11,13H2,1-4H3. The fraction of sp³-hybridized carbons (Fsp3) is 0.522. The maximum Gasteiger partial charge on any atom is 0.330 e. The zero-order valence-corrected chi connectivity index (χ0v) is 21.2. The molecule has 2 heterocycles. The number of methoxy groups -OCH3 is 1. The predicted molar refractivity (Wildman–Crippen MR) is 131 cm³/mol. The molecule has 9 heteroatoms. The van der Waals surface area contributed by atoms with Gasteiger partial charge in [0.15, 0.2) is 5.13 Å². The van der Waals surface area contributed by atoms with Crippen molar-refractivity contribution in [1.82, 2.24) is 9.88 Å². The molecule has 0 radical (unpaired) electrons. The van der Waals surface area contributed by atoms with Gasteiger partial charge in [-0.3, -0.25) is 4.79 Å². The maximum atomic E-state index is 12.6. The first-order chi connectivity index (χ1) is 15.2. The highest BCUT2D eigenvalue weighted by Crippen LogP contribution is 2.37. The SMILES string of the molecule is CCCC(=O)N1CCN(c2nc(-c3ccc(Cl)c(Cl)c3)c(CC(C)C)s2)CC1C(=O)OC. The fourth-order valence-corrected chi connectivity index (χ4v) is 5.43. The molecule has 1 unspecified atom stereocenters. The number of anilines is 1. The minimum Gasteiger partial charge on any atom is -0.467 e. The summed E-state index contributed by atoms with van der Waals surface area (Å²) >= 11 is 14.0. The molecule has 174 valence electrons. The van der Waals surface area contributed by atoms with Crippen LogP contribution in [-0.4, -0.2) is 54.5 Å². The molecule has 0 aliphatic carbocycles. The molecule has 1 aliphatic heterocycles. The second kappa shape index (κ2) is 10.9. The fourth-order valence-electron chi connectivity index (χ4n) is 3.80. The summed E-state index contributed by atoms with van der Waals surface area (Å²) in [6.07, 6.45) is 2.04. The van der Waals surface area contributed by atoms with Crippen molar-refractivity contribution >= 4 is 51.5 Å². The molecule has 6 nitrogen and oxygen atoms in total. The number of amides is 1. The molecular formula is C23H29Cl2N3O3S. The first-order valence-electron chi connectivity index (χ1n) is 10.8. The lowest BCUT2D eigenvalue weighted by atomic mass is 10.0. The van der Waals surface area contributed by atoms with Crippen LogP contribution in [0.25, 0.3) is 11.3 Å². The Hall–Kier alpha value is -1.83. The van der Waals surface area contributed by atoms with Crippen LogP contribution in [0.3, 0.4) is 0 Å². The minimum atomic E-state index is -0.640. The number of rotatable bonds is 7. The molecule has 0 bridgehead atoms. The third kappa shape index (κ3) is 5.56. The molecule has 1 amide bonds. The van der Waals surface area contributed by atoms with Gasteiger partial charge in [0.25, 0.3) is 0 Å². The predicted octanol–water partition coefficient (Wildman–Crippen LogP) is 5.31. The molecule has 1 fully saturated rings. The van der Waals surface area contributed by atoms with Gasteiger partial charge >= 0.3 is 5.97 Å². The third-order valence-electron chi connectivity index (χ3n) is 5.38. The van der Waals surface area contributed by atoms with Gasteiger partial charge in [0.2, 0.25) is 5.91 Å². The van der Waals surface area contributed by atoms with Crippen LogP contribution in [0.5, 0.6) is 0 Å². The van der Waals surface area contributed by atoms with E-state index in [0.29, 0.717) is 42.0 Å². The quantitative estimate of drug-likeness (QED) is 0.485. The Balaban J connectivity index is 1.93. The number of piperazine rings is 1. The largest absolute Gasteiger partial charge is 0.467 e.